The summed E-state index contributed by atoms with van der Waals surface area (Å²) in [5, 5.41) is 15.0. The van der Waals surface area contributed by atoms with Gasteiger partial charge < -0.3 is 25.1 Å². The molecule has 176 valence electrons. The highest BCUT2D eigenvalue weighted by atomic mass is 19.1. The van der Waals surface area contributed by atoms with Gasteiger partial charge >= 0.3 is 0 Å². The van der Waals surface area contributed by atoms with E-state index in [9.17, 15) is 9.50 Å². The highest BCUT2D eigenvalue weighted by Crippen LogP contribution is 2.36. The molecule has 9 heteroatoms. The van der Waals surface area contributed by atoms with Gasteiger partial charge in [-0.25, -0.2) is 4.98 Å². The number of benzene rings is 2. The van der Waals surface area contributed by atoms with Crippen LogP contribution in [-0.2, 0) is 4.74 Å². The zero-order valence-electron chi connectivity index (χ0n) is 18.6. The van der Waals surface area contributed by atoms with E-state index in [0.717, 1.165) is 29.3 Å². The van der Waals surface area contributed by atoms with E-state index in [1.807, 2.05) is 22.9 Å². The van der Waals surface area contributed by atoms with E-state index in [0.29, 0.717) is 23.9 Å². The number of aliphatic hydroxyl groups is 1. The molecule has 4 aromatic rings. The number of ether oxygens (including phenoxy) is 3. The van der Waals surface area contributed by atoms with Crippen LogP contribution in [0.25, 0.3) is 22.2 Å². The van der Waals surface area contributed by atoms with Gasteiger partial charge in [0.2, 0.25) is 5.82 Å². The van der Waals surface area contributed by atoms with Crippen LogP contribution < -0.4 is 15.2 Å². The van der Waals surface area contributed by atoms with Gasteiger partial charge in [-0.2, -0.15) is 9.49 Å². The molecule has 0 spiro atoms. The molecule has 0 bridgehead atoms. The summed E-state index contributed by atoms with van der Waals surface area (Å²) in [6, 6.07) is 13.9. The SMILES string of the molecule is COc1cccc(Oc2ccc(-c3nn(C4CCC(CO)OC4)c4ccnc(N)c34)cc2)c1F. The van der Waals surface area contributed by atoms with Gasteiger partial charge in [0, 0.05) is 11.8 Å². The normalized spacial score (nSPS) is 18.2. The maximum atomic E-state index is 14.4. The van der Waals surface area contributed by atoms with Crippen LogP contribution in [-0.4, -0.2) is 46.3 Å². The predicted molar refractivity (Wildman–Crippen MR) is 125 cm³/mol. The van der Waals surface area contributed by atoms with Gasteiger partial charge in [-0.05, 0) is 55.3 Å². The Morgan fingerprint density at radius 2 is 1.94 bits per heavy atom. The number of fused-ring (bicyclic) bond motifs is 1. The molecule has 8 nitrogen and oxygen atoms in total. The van der Waals surface area contributed by atoms with Crippen molar-refractivity contribution in [3.05, 3.63) is 60.5 Å². The summed E-state index contributed by atoms with van der Waals surface area (Å²) in [7, 11) is 1.41. The Bertz CT molecular complexity index is 1300. The summed E-state index contributed by atoms with van der Waals surface area (Å²) >= 11 is 0. The van der Waals surface area contributed by atoms with Crippen LogP contribution in [0.3, 0.4) is 0 Å². The van der Waals surface area contributed by atoms with Crippen molar-refractivity contribution in [3.63, 3.8) is 0 Å². The minimum absolute atomic E-state index is 0.0166. The monoisotopic (exact) mass is 464 g/mol. The topological polar surface area (TPSA) is 105 Å². The van der Waals surface area contributed by atoms with Crippen molar-refractivity contribution in [2.75, 3.05) is 26.1 Å². The Hall–Kier alpha value is -3.69. The number of aromatic nitrogens is 3. The second-order valence-corrected chi connectivity index (χ2v) is 8.15. The van der Waals surface area contributed by atoms with Gasteiger partial charge in [-0.15, -0.1) is 0 Å². The molecule has 0 amide bonds. The number of methoxy groups -OCH3 is 1. The van der Waals surface area contributed by atoms with Gasteiger partial charge in [0.1, 0.15) is 17.3 Å². The van der Waals surface area contributed by atoms with E-state index >= 15 is 0 Å². The third-order valence-electron chi connectivity index (χ3n) is 6.05. The van der Waals surface area contributed by atoms with Crippen molar-refractivity contribution in [1.82, 2.24) is 14.8 Å². The minimum atomic E-state index is -0.559. The lowest BCUT2D eigenvalue weighted by Crippen LogP contribution is -2.30. The van der Waals surface area contributed by atoms with Crippen molar-refractivity contribution >= 4 is 16.7 Å². The first-order chi connectivity index (χ1) is 16.6. The fourth-order valence-electron chi connectivity index (χ4n) is 4.26. The standard InChI is InChI=1S/C25H25FN4O4/c1-32-20-3-2-4-21(23(20)26)34-17-8-5-15(6-9-17)24-22-19(11-12-28-25(22)27)30(29-24)16-7-10-18(13-31)33-14-16/h2-6,8-9,11-12,16,18,31H,7,10,13-14H2,1H3,(H2,27,28). The van der Waals surface area contributed by atoms with E-state index in [1.165, 1.54) is 13.2 Å². The summed E-state index contributed by atoms with van der Waals surface area (Å²) in [5.41, 5.74) is 8.65. The lowest BCUT2D eigenvalue weighted by molar-refractivity contribution is -0.0402. The smallest absolute Gasteiger partial charge is 0.207 e. The molecule has 2 atom stereocenters. The van der Waals surface area contributed by atoms with Gasteiger partial charge in [0.25, 0.3) is 0 Å². The lowest BCUT2D eigenvalue weighted by Gasteiger charge is -2.28. The van der Waals surface area contributed by atoms with Crippen LogP contribution in [0.1, 0.15) is 18.9 Å². The molecule has 0 aliphatic carbocycles. The second kappa shape index (κ2) is 9.28. The highest BCUT2D eigenvalue weighted by Gasteiger charge is 2.26. The van der Waals surface area contributed by atoms with E-state index in [2.05, 4.69) is 4.98 Å². The average molecular weight is 464 g/mol. The zero-order chi connectivity index (χ0) is 23.7. The molecule has 0 saturated carbocycles. The van der Waals surface area contributed by atoms with E-state index in [-0.39, 0.29) is 30.3 Å². The van der Waals surface area contributed by atoms with E-state index in [4.69, 9.17) is 25.0 Å². The largest absolute Gasteiger partial charge is 0.494 e. The van der Waals surface area contributed by atoms with Crippen LogP contribution in [0.5, 0.6) is 17.2 Å². The van der Waals surface area contributed by atoms with Crippen molar-refractivity contribution in [2.24, 2.45) is 0 Å². The zero-order valence-corrected chi connectivity index (χ0v) is 18.6. The fourth-order valence-corrected chi connectivity index (χ4v) is 4.26. The first kappa shape index (κ1) is 22.1. The van der Waals surface area contributed by atoms with Crippen molar-refractivity contribution in [3.8, 4) is 28.5 Å². The summed E-state index contributed by atoms with van der Waals surface area (Å²) in [6.07, 6.45) is 3.12. The van der Waals surface area contributed by atoms with Crippen LogP contribution in [0.15, 0.2) is 54.7 Å². The number of anilines is 1. The van der Waals surface area contributed by atoms with Gasteiger partial charge in [0.05, 0.1) is 43.4 Å². The second-order valence-electron chi connectivity index (χ2n) is 8.15. The third kappa shape index (κ3) is 4.04. The molecule has 1 fully saturated rings. The molecule has 3 heterocycles. The number of hydrogen-bond acceptors (Lipinski definition) is 7. The molecule has 1 aliphatic rings. The number of nitrogen functional groups attached to an aromatic ring is 1. The van der Waals surface area contributed by atoms with Gasteiger partial charge in [-0.3, -0.25) is 4.68 Å². The average Bonchev–Trinajstić information content (AvgIpc) is 3.27. The van der Waals surface area contributed by atoms with E-state index < -0.39 is 5.82 Å². The molecule has 5 rings (SSSR count). The Morgan fingerprint density at radius 1 is 1.15 bits per heavy atom. The molecular weight excluding hydrogens is 439 g/mol. The Kier molecular flexibility index (Phi) is 6.04. The van der Waals surface area contributed by atoms with Crippen LogP contribution in [0, 0.1) is 5.82 Å². The van der Waals surface area contributed by atoms with Crippen LogP contribution in [0.4, 0.5) is 10.2 Å². The van der Waals surface area contributed by atoms with Crippen LogP contribution >= 0.6 is 0 Å². The number of hydrogen-bond donors (Lipinski definition) is 2. The summed E-state index contributed by atoms with van der Waals surface area (Å²) in [6.45, 7) is 0.478. The first-order valence-electron chi connectivity index (χ1n) is 11.0. The number of nitrogens with zero attached hydrogens (tertiary/aromatic N) is 3. The molecule has 3 N–H and O–H groups in total. The van der Waals surface area contributed by atoms with Crippen molar-refractivity contribution in [1.29, 1.82) is 0 Å². The summed E-state index contributed by atoms with van der Waals surface area (Å²) < 4.78 is 32.9. The molecule has 0 radical (unpaired) electrons. The quantitative estimate of drug-likeness (QED) is 0.438. The first-order valence-corrected chi connectivity index (χ1v) is 11.0. The third-order valence-corrected chi connectivity index (χ3v) is 6.05. The number of nitrogens with two attached hydrogens (primary N) is 1. The number of pyridine rings is 1. The number of rotatable bonds is 6. The summed E-state index contributed by atoms with van der Waals surface area (Å²) in [4.78, 5) is 4.26. The lowest BCUT2D eigenvalue weighted by atomic mass is 10.1. The summed E-state index contributed by atoms with van der Waals surface area (Å²) in [5.74, 6) is 0.500. The maximum Gasteiger partial charge on any atom is 0.207 e. The fraction of sp³-hybridized carbons (Fsp3) is 0.280. The number of halogens is 1. The van der Waals surface area contributed by atoms with E-state index in [1.54, 1.807) is 30.5 Å². The molecule has 1 aliphatic heterocycles. The van der Waals surface area contributed by atoms with Crippen molar-refractivity contribution < 1.29 is 23.7 Å². The molecular formula is C25H25FN4O4. The maximum absolute atomic E-state index is 14.4. The van der Waals surface area contributed by atoms with Crippen LogP contribution in [0.2, 0.25) is 0 Å². The number of aliphatic hydroxyl groups excluding tert-OH is 1. The highest BCUT2D eigenvalue weighted by molar-refractivity contribution is 6.00. The minimum Gasteiger partial charge on any atom is -0.494 e. The predicted octanol–water partition coefficient (Wildman–Crippen LogP) is 4.33. The Morgan fingerprint density at radius 3 is 2.65 bits per heavy atom. The van der Waals surface area contributed by atoms with Gasteiger partial charge in [-0.1, -0.05) is 6.07 Å². The molecule has 34 heavy (non-hydrogen) atoms. The Balaban J connectivity index is 1.46. The Labute approximate surface area is 195 Å². The molecule has 2 aromatic heterocycles. The molecule has 2 unspecified atom stereocenters. The van der Waals surface area contributed by atoms with Crippen molar-refractivity contribution in [2.45, 2.75) is 25.0 Å². The molecule has 1 saturated heterocycles. The van der Waals surface area contributed by atoms with Gasteiger partial charge in [0.15, 0.2) is 11.5 Å². The molecule has 2 aromatic carbocycles.